The summed E-state index contributed by atoms with van der Waals surface area (Å²) in [6.45, 7) is 5.78. The summed E-state index contributed by atoms with van der Waals surface area (Å²) in [7, 11) is 0. The molecule has 0 fully saturated rings. The first kappa shape index (κ1) is 14.3. The van der Waals surface area contributed by atoms with Crippen LogP contribution in [0.4, 0.5) is 11.8 Å². The molecule has 19 heavy (non-hydrogen) atoms. The van der Waals surface area contributed by atoms with Gasteiger partial charge in [0.25, 0.3) is 0 Å². The lowest BCUT2D eigenvalue weighted by atomic mass is 10.3. The molecule has 0 saturated heterocycles. The van der Waals surface area contributed by atoms with Crippen LogP contribution in [0.1, 0.15) is 23.8 Å². The average Bonchev–Trinajstić information content (AvgIpc) is 2.82. The van der Waals surface area contributed by atoms with Gasteiger partial charge in [0.15, 0.2) is 0 Å². The Bertz CT molecular complexity index is 541. The second-order valence-electron chi connectivity index (χ2n) is 4.20. The van der Waals surface area contributed by atoms with E-state index in [1.54, 1.807) is 11.3 Å². The van der Waals surface area contributed by atoms with E-state index < -0.39 is 0 Å². The van der Waals surface area contributed by atoms with Gasteiger partial charge in [0.05, 0.1) is 6.54 Å². The van der Waals surface area contributed by atoms with Crippen LogP contribution in [0, 0.1) is 6.92 Å². The van der Waals surface area contributed by atoms with Crippen molar-refractivity contribution in [3.63, 3.8) is 0 Å². The van der Waals surface area contributed by atoms with Crippen LogP contribution in [0.5, 0.6) is 0 Å². The normalized spacial score (nSPS) is 10.5. The van der Waals surface area contributed by atoms with Crippen molar-refractivity contribution >= 4 is 39.0 Å². The van der Waals surface area contributed by atoms with Crippen molar-refractivity contribution in [3.05, 3.63) is 32.6 Å². The van der Waals surface area contributed by atoms with Gasteiger partial charge in [0, 0.05) is 27.7 Å². The summed E-state index contributed by atoms with van der Waals surface area (Å²) in [5, 5.41) is 8.63. The standard InChI is InChI=1S/C13H17BrN4S/c1-3-5-15-13-17-7-9(2)12(18-13)16-8-11-10(14)4-6-19-11/h4,6-7H,3,5,8H2,1-2H3,(H2,15,16,17,18). The molecule has 0 spiro atoms. The molecular weight excluding hydrogens is 324 g/mol. The highest BCUT2D eigenvalue weighted by Crippen LogP contribution is 2.24. The SMILES string of the molecule is CCCNc1ncc(C)c(NCc2sccc2Br)n1. The molecule has 6 heteroatoms. The van der Waals surface area contributed by atoms with Gasteiger partial charge in [-0.1, -0.05) is 6.92 Å². The van der Waals surface area contributed by atoms with Gasteiger partial charge < -0.3 is 10.6 Å². The molecule has 2 aromatic heterocycles. The maximum atomic E-state index is 4.49. The number of anilines is 2. The van der Waals surface area contributed by atoms with Gasteiger partial charge in [-0.3, -0.25) is 0 Å². The smallest absolute Gasteiger partial charge is 0.224 e. The van der Waals surface area contributed by atoms with Crippen molar-refractivity contribution in [1.82, 2.24) is 9.97 Å². The van der Waals surface area contributed by atoms with Gasteiger partial charge in [0.1, 0.15) is 5.82 Å². The molecular formula is C13H17BrN4S. The lowest BCUT2D eigenvalue weighted by Crippen LogP contribution is -2.08. The molecule has 2 heterocycles. The zero-order valence-corrected chi connectivity index (χ0v) is 13.4. The maximum Gasteiger partial charge on any atom is 0.224 e. The minimum absolute atomic E-state index is 0.681. The van der Waals surface area contributed by atoms with E-state index in [0.29, 0.717) is 5.95 Å². The van der Waals surface area contributed by atoms with E-state index in [1.165, 1.54) is 4.88 Å². The lowest BCUT2D eigenvalue weighted by molar-refractivity contribution is 0.947. The first-order valence-electron chi connectivity index (χ1n) is 6.24. The number of nitrogens with zero attached hydrogens (tertiary/aromatic N) is 2. The number of aryl methyl sites for hydroxylation is 1. The summed E-state index contributed by atoms with van der Waals surface area (Å²) >= 11 is 5.26. The summed E-state index contributed by atoms with van der Waals surface area (Å²) in [4.78, 5) is 10.0. The second-order valence-corrected chi connectivity index (χ2v) is 6.05. The first-order chi connectivity index (χ1) is 9.20. The van der Waals surface area contributed by atoms with Crippen LogP contribution >= 0.6 is 27.3 Å². The van der Waals surface area contributed by atoms with Gasteiger partial charge in [-0.25, -0.2) is 4.98 Å². The minimum atomic E-state index is 0.681. The van der Waals surface area contributed by atoms with E-state index in [-0.39, 0.29) is 0 Å². The van der Waals surface area contributed by atoms with Crippen LogP contribution in [0.25, 0.3) is 0 Å². The molecule has 4 nitrogen and oxygen atoms in total. The minimum Gasteiger partial charge on any atom is -0.365 e. The highest BCUT2D eigenvalue weighted by atomic mass is 79.9. The van der Waals surface area contributed by atoms with Crippen molar-refractivity contribution in [2.45, 2.75) is 26.8 Å². The summed E-state index contributed by atoms with van der Waals surface area (Å²) in [5.41, 5.74) is 1.05. The average molecular weight is 341 g/mol. The maximum absolute atomic E-state index is 4.49. The third kappa shape index (κ3) is 3.91. The molecule has 102 valence electrons. The van der Waals surface area contributed by atoms with E-state index in [0.717, 1.165) is 35.4 Å². The van der Waals surface area contributed by atoms with Crippen molar-refractivity contribution in [2.24, 2.45) is 0 Å². The number of aromatic nitrogens is 2. The summed E-state index contributed by atoms with van der Waals surface area (Å²) in [6.07, 6.45) is 2.90. The van der Waals surface area contributed by atoms with E-state index >= 15 is 0 Å². The molecule has 0 saturated carbocycles. The topological polar surface area (TPSA) is 49.8 Å². The second kappa shape index (κ2) is 6.86. The number of hydrogen-bond acceptors (Lipinski definition) is 5. The predicted molar refractivity (Wildman–Crippen MR) is 84.9 cm³/mol. The monoisotopic (exact) mass is 340 g/mol. The van der Waals surface area contributed by atoms with Crippen molar-refractivity contribution in [1.29, 1.82) is 0 Å². The fraction of sp³-hybridized carbons (Fsp3) is 0.385. The summed E-state index contributed by atoms with van der Waals surface area (Å²) < 4.78 is 1.14. The van der Waals surface area contributed by atoms with Gasteiger partial charge in [-0.2, -0.15) is 4.98 Å². The van der Waals surface area contributed by atoms with E-state index in [9.17, 15) is 0 Å². The van der Waals surface area contributed by atoms with Crippen LogP contribution in [-0.2, 0) is 6.54 Å². The molecule has 0 aliphatic carbocycles. The molecule has 0 aromatic carbocycles. The largest absolute Gasteiger partial charge is 0.365 e. The zero-order chi connectivity index (χ0) is 13.7. The third-order valence-corrected chi connectivity index (χ3v) is 4.54. The molecule has 2 aromatic rings. The fourth-order valence-electron chi connectivity index (χ4n) is 1.56. The zero-order valence-electron chi connectivity index (χ0n) is 11.0. The Kier molecular flexibility index (Phi) is 5.15. The van der Waals surface area contributed by atoms with Gasteiger partial charge in [-0.15, -0.1) is 11.3 Å². The first-order valence-corrected chi connectivity index (χ1v) is 7.91. The van der Waals surface area contributed by atoms with Crippen molar-refractivity contribution < 1.29 is 0 Å². The van der Waals surface area contributed by atoms with Gasteiger partial charge in [0.2, 0.25) is 5.95 Å². The number of thiophene rings is 1. The highest BCUT2D eigenvalue weighted by molar-refractivity contribution is 9.10. The Labute approximate surface area is 125 Å². The van der Waals surface area contributed by atoms with Crippen LogP contribution in [-0.4, -0.2) is 16.5 Å². The molecule has 0 atom stereocenters. The van der Waals surface area contributed by atoms with E-state index in [1.807, 2.05) is 13.1 Å². The number of rotatable bonds is 6. The van der Waals surface area contributed by atoms with E-state index in [2.05, 4.69) is 54.9 Å². The predicted octanol–water partition coefficient (Wildman–Crippen LogP) is 4.04. The molecule has 2 N–H and O–H groups in total. The Morgan fingerprint density at radius 2 is 2.21 bits per heavy atom. The molecule has 2 rings (SSSR count). The van der Waals surface area contributed by atoms with Crippen molar-refractivity contribution in [3.8, 4) is 0 Å². The van der Waals surface area contributed by atoms with Gasteiger partial charge >= 0.3 is 0 Å². The van der Waals surface area contributed by atoms with Crippen LogP contribution in [0.3, 0.4) is 0 Å². The lowest BCUT2D eigenvalue weighted by Gasteiger charge is -2.10. The fourth-order valence-corrected chi connectivity index (χ4v) is 2.99. The quantitative estimate of drug-likeness (QED) is 0.832. The summed E-state index contributed by atoms with van der Waals surface area (Å²) in [5.74, 6) is 1.56. The van der Waals surface area contributed by atoms with Crippen molar-refractivity contribution in [2.75, 3.05) is 17.2 Å². The Hall–Kier alpha value is -1.14. The van der Waals surface area contributed by atoms with Crippen LogP contribution in [0.2, 0.25) is 0 Å². The Morgan fingerprint density at radius 3 is 2.89 bits per heavy atom. The Balaban J connectivity index is 2.04. The number of halogens is 1. The van der Waals surface area contributed by atoms with Crippen LogP contribution in [0.15, 0.2) is 22.1 Å². The summed E-state index contributed by atoms with van der Waals surface area (Å²) in [6, 6.07) is 2.06. The third-order valence-electron chi connectivity index (χ3n) is 2.61. The van der Waals surface area contributed by atoms with Gasteiger partial charge in [-0.05, 0) is 40.7 Å². The highest BCUT2D eigenvalue weighted by Gasteiger charge is 2.05. The number of hydrogen-bond donors (Lipinski definition) is 2. The number of nitrogens with one attached hydrogen (secondary N) is 2. The molecule has 0 radical (unpaired) electrons. The molecule has 0 aliphatic heterocycles. The molecule has 0 aliphatic rings. The van der Waals surface area contributed by atoms with E-state index in [4.69, 9.17) is 0 Å². The molecule has 0 amide bonds. The molecule has 0 unspecified atom stereocenters. The molecule has 0 bridgehead atoms. The Morgan fingerprint density at radius 1 is 1.37 bits per heavy atom. The van der Waals surface area contributed by atoms with Crippen LogP contribution < -0.4 is 10.6 Å².